The molecule has 0 N–H and O–H groups in total. The lowest BCUT2D eigenvalue weighted by atomic mass is 10.2. The largest absolute Gasteiger partial charge is 0.332 e. The molecule has 0 saturated carbocycles. The van der Waals surface area contributed by atoms with Gasteiger partial charge in [0.25, 0.3) is 5.56 Å². The lowest BCUT2D eigenvalue weighted by molar-refractivity contribution is 0.633. The van der Waals surface area contributed by atoms with Crippen LogP contribution in [0.4, 0.5) is 0 Å². The summed E-state index contributed by atoms with van der Waals surface area (Å²) >= 11 is 12.3. The summed E-state index contributed by atoms with van der Waals surface area (Å²) in [6.07, 6.45) is 0. The molecule has 0 aliphatic rings. The smallest absolute Gasteiger partial charge is 0.298 e. The number of hydrogen-bond acceptors (Lipinski definition) is 4. The van der Waals surface area contributed by atoms with Crippen LogP contribution in [0.1, 0.15) is 23.9 Å². The molecule has 0 aliphatic carbocycles. The van der Waals surface area contributed by atoms with Gasteiger partial charge in [0, 0.05) is 19.3 Å². The molecule has 0 aliphatic heterocycles. The summed E-state index contributed by atoms with van der Waals surface area (Å²) in [7, 11) is 1.61. The highest BCUT2D eigenvalue weighted by atomic mass is 35.5. The van der Waals surface area contributed by atoms with Crippen molar-refractivity contribution in [3.05, 3.63) is 72.1 Å². The first-order valence-electron chi connectivity index (χ1n) is 9.40. The highest BCUT2D eigenvalue weighted by molar-refractivity contribution is 6.42. The summed E-state index contributed by atoms with van der Waals surface area (Å²) in [5, 5.41) is 5.39. The molecule has 4 aromatic rings. The number of hydrogen-bond donors (Lipinski definition) is 0. The van der Waals surface area contributed by atoms with Gasteiger partial charge >= 0.3 is 5.69 Å². The van der Waals surface area contributed by atoms with Crippen LogP contribution in [0.2, 0.25) is 10.0 Å². The van der Waals surface area contributed by atoms with Crippen LogP contribution >= 0.6 is 23.2 Å². The van der Waals surface area contributed by atoms with Crippen molar-refractivity contribution < 1.29 is 0 Å². The van der Waals surface area contributed by atoms with Crippen molar-refractivity contribution in [3.63, 3.8) is 0 Å². The van der Waals surface area contributed by atoms with Gasteiger partial charge in [0.2, 0.25) is 5.95 Å². The maximum Gasteiger partial charge on any atom is 0.332 e. The topological polar surface area (TPSA) is 79.6 Å². The number of aryl methyl sites for hydroxylation is 3. The van der Waals surface area contributed by atoms with E-state index in [2.05, 4.69) is 10.1 Å². The van der Waals surface area contributed by atoms with Gasteiger partial charge in [-0.2, -0.15) is 10.1 Å². The predicted octanol–water partition coefficient (Wildman–Crippen LogP) is 3.07. The van der Waals surface area contributed by atoms with E-state index in [0.717, 1.165) is 17.0 Å². The SMILES string of the molecule is CCn1c(=O)c2c(nc(-n3nc(C)cc3C)n2Cc2ccc(Cl)c(Cl)c2)n(C)c1=O. The van der Waals surface area contributed by atoms with E-state index in [1.54, 1.807) is 35.4 Å². The molecular weight excluding hydrogens is 427 g/mol. The third kappa shape index (κ3) is 3.16. The zero-order chi connectivity index (χ0) is 21.7. The molecule has 3 aromatic heterocycles. The molecule has 0 unspecified atom stereocenters. The van der Waals surface area contributed by atoms with E-state index in [1.807, 2.05) is 26.0 Å². The first-order chi connectivity index (χ1) is 14.2. The Hall–Kier alpha value is -2.84. The minimum atomic E-state index is -0.408. The zero-order valence-corrected chi connectivity index (χ0v) is 18.5. The summed E-state index contributed by atoms with van der Waals surface area (Å²) in [6.45, 7) is 6.12. The van der Waals surface area contributed by atoms with Crippen molar-refractivity contribution in [2.45, 2.75) is 33.9 Å². The quantitative estimate of drug-likeness (QED) is 0.482. The van der Waals surface area contributed by atoms with Crippen LogP contribution in [-0.2, 0) is 20.1 Å². The average Bonchev–Trinajstić information content (AvgIpc) is 3.23. The third-order valence-electron chi connectivity index (χ3n) is 5.05. The molecule has 0 amide bonds. The van der Waals surface area contributed by atoms with Crippen LogP contribution in [0, 0.1) is 13.8 Å². The Balaban J connectivity index is 2.08. The lowest BCUT2D eigenvalue weighted by Crippen LogP contribution is -2.39. The molecule has 10 heteroatoms. The number of imidazole rings is 1. The van der Waals surface area contributed by atoms with Crippen molar-refractivity contribution in [3.8, 4) is 5.95 Å². The summed E-state index contributed by atoms with van der Waals surface area (Å²) in [4.78, 5) is 30.5. The second-order valence-electron chi connectivity index (χ2n) is 7.15. The first-order valence-corrected chi connectivity index (χ1v) is 10.2. The van der Waals surface area contributed by atoms with E-state index in [4.69, 9.17) is 23.2 Å². The molecule has 8 nitrogen and oxygen atoms in total. The standard InChI is InChI=1S/C20H20Cl2N6O2/c1-5-26-18(29)16-17(25(4)20(26)30)23-19(28-12(3)8-11(2)24-28)27(16)10-13-6-7-14(21)15(22)9-13/h6-9H,5,10H2,1-4H3. The Morgan fingerprint density at radius 1 is 1.03 bits per heavy atom. The lowest BCUT2D eigenvalue weighted by Gasteiger charge is -2.11. The van der Waals surface area contributed by atoms with E-state index in [-0.39, 0.29) is 6.54 Å². The second kappa shape index (κ2) is 7.45. The van der Waals surface area contributed by atoms with Gasteiger partial charge in [0.05, 0.1) is 22.3 Å². The highest BCUT2D eigenvalue weighted by Gasteiger charge is 2.22. The van der Waals surface area contributed by atoms with Gasteiger partial charge in [-0.05, 0) is 44.5 Å². The Labute approximate surface area is 181 Å². The second-order valence-corrected chi connectivity index (χ2v) is 7.96. The van der Waals surface area contributed by atoms with Crippen molar-refractivity contribution in [2.75, 3.05) is 0 Å². The van der Waals surface area contributed by atoms with E-state index >= 15 is 0 Å². The maximum atomic E-state index is 13.2. The molecule has 0 atom stereocenters. The summed E-state index contributed by atoms with van der Waals surface area (Å²) in [6, 6.07) is 7.22. The molecular formula is C20H20Cl2N6O2. The fraction of sp³-hybridized carbons (Fsp3) is 0.300. The molecule has 156 valence electrons. The fourth-order valence-corrected chi connectivity index (χ4v) is 3.92. The molecule has 0 fully saturated rings. The van der Waals surface area contributed by atoms with Gasteiger partial charge in [0.15, 0.2) is 11.2 Å². The van der Waals surface area contributed by atoms with Crippen LogP contribution < -0.4 is 11.2 Å². The minimum absolute atomic E-state index is 0.259. The molecule has 1 aromatic carbocycles. The molecule has 0 spiro atoms. The Kier molecular flexibility index (Phi) is 5.07. The summed E-state index contributed by atoms with van der Waals surface area (Å²) < 4.78 is 6.02. The van der Waals surface area contributed by atoms with Gasteiger partial charge in [-0.1, -0.05) is 29.3 Å². The highest BCUT2D eigenvalue weighted by Crippen LogP contribution is 2.25. The van der Waals surface area contributed by atoms with Crippen LogP contribution in [0.3, 0.4) is 0 Å². The molecule has 0 bridgehead atoms. The van der Waals surface area contributed by atoms with Crippen LogP contribution in [0.5, 0.6) is 0 Å². The van der Waals surface area contributed by atoms with Crippen molar-refractivity contribution in [2.24, 2.45) is 7.05 Å². The van der Waals surface area contributed by atoms with Crippen molar-refractivity contribution >= 4 is 34.4 Å². The minimum Gasteiger partial charge on any atom is -0.298 e. The Morgan fingerprint density at radius 2 is 1.77 bits per heavy atom. The molecule has 0 saturated heterocycles. The van der Waals surface area contributed by atoms with E-state index < -0.39 is 11.2 Å². The van der Waals surface area contributed by atoms with E-state index in [1.165, 1.54) is 9.13 Å². The van der Waals surface area contributed by atoms with Gasteiger partial charge in [0.1, 0.15) is 0 Å². The van der Waals surface area contributed by atoms with Crippen LogP contribution in [0.25, 0.3) is 17.1 Å². The Morgan fingerprint density at radius 3 is 2.37 bits per heavy atom. The third-order valence-corrected chi connectivity index (χ3v) is 5.79. The van der Waals surface area contributed by atoms with Crippen molar-refractivity contribution in [1.29, 1.82) is 0 Å². The van der Waals surface area contributed by atoms with Crippen LogP contribution in [0.15, 0.2) is 33.9 Å². The number of rotatable bonds is 4. The van der Waals surface area contributed by atoms with Gasteiger partial charge in [-0.25, -0.2) is 9.48 Å². The average molecular weight is 447 g/mol. The molecule has 30 heavy (non-hydrogen) atoms. The van der Waals surface area contributed by atoms with Gasteiger partial charge in [-0.15, -0.1) is 0 Å². The fourth-order valence-electron chi connectivity index (χ4n) is 3.60. The predicted molar refractivity (Wildman–Crippen MR) is 117 cm³/mol. The van der Waals surface area contributed by atoms with Gasteiger partial charge < -0.3 is 0 Å². The molecule has 3 heterocycles. The normalized spacial score (nSPS) is 11.5. The zero-order valence-electron chi connectivity index (χ0n) is 17.0. The van der Waals surface area contributed by atoms with Crippen molar-refractivity contribution in [1.82, 2.24) is 28.5 Å². The van der Waals surface area contributed by atoms with E-state index in [9.17, 15) is 9.59 Å². The Bertz CT molecular complexity index is 1410. The number of halogens is 2. The monoisotopic (exact) mass is 446 g/mol. The number of fused-ring (bicyclic) bond motifs is 1. The van der Waals surface area contributed by atoms with E-state index in [0.29, 0.717) is 33.7 Å². The molecule has 0 radical (unpaired) electrons. The summed E-state index contributed by atoms with van der Waals surface area (Å²) in [5.74, 6) is 0.447. The maximum absolute atomic E-state index is 13.2. The number of aromatic nitrogens is 6. The van der Waals surface area contributed by atoms with Gasteiger partial charge in [-0.3, -0.25) is 18.5 Å². The number of nitrogens with zero attached hydrogens (tertiary/aromatic N) is 6. The molecule has 4 rings (SSSR count). The first kappa shape index (κ1) is 20.4. The number of benzene rings is 1. The summed E-state index contributed by atoms with van der Waals surface area (Å²) in [5.41, 5.74) is 2.34. The van der Waals surface area contributed by atoms with Crippen LogP contribution in [-0.4, -0.2) is 28.5 Å².